The fourth-order valence-electron chi connectivity index (χ4n) is 2.38. The molecular weight excluding hydrogens is 304 g/mol. The largest absolute Gasteiger partial charge is 0.321 e. The fraction of sp³-hybridized carbons (Fsp3) is 0.235. The second-order valence-corrected chi connectivity index (χ2v) is 5.90. The molecule has 2 aromatic heterocycles. The summed E-state index contributed by atoms with van der Waals surface area (Å²) in [5.74, 6) is 1.81. The molecule has 0 unspecified atom stereocenters. The molecule has 1 aliphatic carbocycles. The zero-order chi connectivity index (χ0) is 16.5. The summed E-state index contributed by atoms with van der Waals surface area (Å²) in [4.78, 5) is 24.9. The molecular formula is C17H16N6O. The number of aryl methyl sites for hydroxylation is 1. The van der Waals surface area contributed by atoms with Crippen molar-refractivity contribution in [2.24, 2.45) is 0 Å². The van der Waals surface area contributed by atoms with Crippen molar-refractivity contribution in [3.05, 3.63) is 53.9 Å². The Kier molecular flexibility index (Phi) is 3.53. The number of carbonyl (C=O) groups is 1. The Morgan fingerprint density at radius 1 is 1.25 bits per heavy atom. The number of nitrogens with one attached hydrogen (secondary N) is 2. The molecule has 3 aromatic rings. The Hall–Kier alpha value is -3.09. The van der Waals surface area contributed by atoms with Gasteiger partial charge in [-0.05, 0) is 31.9 Å². The SMILES string of the molecule is Cc1cnc(C(=O)Nc2cccc(-c3n[nH]c(C4CC4)n3)c2)cn1. The molecule has 2 N–H and O–H groups in total. The van der Waals surface area contributed by atoms with Crippen LogP contribution in [0.3, 0.4) is 0 Å². The van der Waals surface area contributed by atoms with E-state index in [9.17, 15) is 4.79 Å². The molecule has 0 bridgehead atoms. The highest BCUT2D eigenvalue weighted by Gasteiger charge is 2.27. The minimum absolute atomic E-state index is 0.278. The van der Waals surface area contributed by atoms with Crippen LogP contribution in [0.5, 0.6) is 0 Å². The van der Waals surface area contributed by atoms with E-state index in [2.05, 4.69) is 30.5 Å². The lowest BCUT2D eigenvalue weighted by molar-refractivity contribution is 0.102. The van der Waals surface area contributed by atoms with E-state index in [1.165, 1.54) is 19.0 Å². The van der Waals surface area contributed by atoms with Gasteiger partial charge in [0, 0.05) is 23.4 Å². The van der Waals surface area contributed by atoms with Gasteiger partial charge in [-0.15, -0.1) is 0 Å². The average molecular weight is 320 g/mol. The topological polar surface area (TPSA) is 96.5 Å². The van der Waals surface area contributed by atoms with E-state index in [1.807, 2.05) is 31.2 Å². The van der Waals surface area contributed by atoms with Crippen molar-refractivity contribution in [1.82, 2.24) is 25.1 Å². The normalized spacial score (nSPS) is 13.7. The van der Waals surface area contributed by atoms with Crippen LogP contribution in [0.1, 0.15) is 40.8 Å². The number of rotatable bonds is 4. The Balaban J connectivity index is 1.53. The molecule has 24 heavy (non-hydrogen) atoms. The maximum Gasteiger partial charge on any atom is 0.275 e. The molecule has 7 heteroatoms. The summed E-state index contributed by atoms with van der Waals surface area (Å²) in [6.45, 7) is 1.82. The molecule has 2 heterocycles. The highest BCUT2D eigenvalue weighted by Crippen LogP contribution is 2.38. The Morgan fingerprint density at radius 2 is 2.12 bits per heavy atom. The van der Waals surface area contributed by atoms with Gasteiger partial charge < -0.3 is 5.32 Å². The van der Waals surface area contributed by atoms with Crippen molar-refractivity contribution in [2.45, 2.75) is 25.7 Å². The van der Waals surface area contributed by atoms with Crippen LogP contribution in [0.25, 0.3) is 11.4 Å². The van der Waals surface area contributed by atoms with Crippen molar-refractivity contribution in [2.75, 3.05) is 5.32 Å². The summed E-state index contributed by atoms with van der Waals surface area (Å²) in [6, 6.07) is 7.44. The summed E-state index contributed by atoms with van der Waals surface area (Å²) in [7, 11) is 0. The molecule has 1 aromatic carbocycles. The number of H-pyrrole nitrogens is 1. The van der Waals surface area contributed by atoms with Crippen LogP contribution in [0.4, 0.5) is 5.69 Å². The molecule has 0 aliphatic heterocycles. The molecule has 0 saturated heterocycles. The molecule has 0 atom stereocenters. The monoisotopic (exact) mass is 320 g/mol. The second-order valence-electron chi connectivity index (χ2n) is 5.90. The van der Waals surface area contributed by atoms with E-state index in [0.717, 1.165) is 17.1 Å². The van der Waals surface area contributed by atoms with Crippen LogP contribution in [0.2, 0.25) is 0 Å². The lowest BCUT2D eigenvalue weighted by atomic mass is 10.2. The molecule has 1 fully saturated rings. The van der Waals surface area contributed by atoms with Crippen molar-refractivity contribution in [3.8, 4) is 11.4 Å². The molecule has 1 amide bonds. The quantitative estimate of drug-likeness (QED) is 0.770. The van der Waals surface area contributed by atoms with Gasteiger partial charge in [-0.3, -0.25) is 14.9 Å². The smallest absolute Gasteiger partial charge is 0.275 e. The van der Waals surface area contributed by atoms with E-state index in [0.29, 0.717) is 17.4 Å². The van der Waals surface area contributed by atoms with Crippen LogP contribution in [0.15, 0.2) is 36.7 Å². The van der Waals surface area contributed by atoms with Crippen LogP contribution in [0, 0.1) is 6.92 Å². The summed E-state index contributed by atoms with van der Waals surface area (Å²) < 4.78 is 0. The number of carbonyl (C=O) groups excluding carboxylic acids is 1. The van der Waals surface area contributed by atoms with E-state index in [1.54, 1.807) is 6.20 Å². The fourth-order valence-corrected chi connectivity index (χ4v) is 2.38. The zero-order valence-electron chi connectivity index (χ0n) is 13.2. The van der Waals surface area contributed by atoms with Gasteiger partial charge in [0.05, 0.1) is 11.9 Å². The second kappa shape index (κ2) is 5.84. The van der Waals surface area contributed by atoms with Gasteiger partial charge in [-0.25, -0.2) is 9.97 Å². The molecule has 0 radical (unpaired) electrons. The van der Waals surface area contributed by atoms with Gasteiger partial charge in [-0.1, -0.05) is 12.1 Å². The summed E-state index contributed by atoms with van der Waals surface area (Å²) in [6.07, 6.45) is 5.37. The number of aromatic amines is 1. The lowest BCUT2D eigenvalue weighted by Crippen LogP contribution is -2.14. The minimum Gasteiger partial charge on any atom is -0.321 e. The number of benzene rings is 1. The molecule has 1 aliphatic rings. The first-order chi connectivity index (χ1) is 11.7. The zero-order valence-corrected chi connectivity index (χ0v) is 13.2. The number of hydrogen-bond acceptors (Lipinski definition) is 5. The molecule has 120 valence electrons. The molecule has 7 nitrogen and oxygen atoms in total. The van der Waals surface area contributed by atoms with E-state index < -0.39 is 0 Å². The van der Waals surface area contributed by atoms with Gasteiger partial charge in [0.2, 0.25) is 0 Å². The first-order valence-corrected chi connectivity index (χ1v) is 7.82. The molecule has 1 saturated carbocycles. The first-order valence-electron chi connectivity index (χ1n) is 7.82. The number of aromatic nitrogens is 5. The van der Waals surface area contributed by atoms with Crippen molar-refractivity contribution < 1.29 is 4.79 Å². The highest BCUT2D eigenvalue weighted by molar-refractivity contribution is 6.02. The van der Waals surface area contributed by atoms with Gasteiger partial charge in [0.15, 0.2) is 5.82 Å². The number of amides is 1. The van der Waals surface area contributed by atoms with E-state index >= 15 is 0 Å². The molecule has 4 rings (SSSR count). The van der Waals surface area contributed by atoms with Crippen LogP contribution < -0.4 is 5.32 Å². The van der Waals surface area contributed by atoms with Crippen LogP contribution in [-0.2, 0) is 0 Å². The maximum atomic E-state index is 12.2. The van der Waals surface area contributed by atoms with E-state index in [4.69, 9.17) is 0 Å². The standard InChI is InChI=1S/C17H16N6O/c1-10-8-19-14(9-18-10)17(24)20-13-4-2-3-12(7-13)16-21-15(22-23-16)11-5-6-11/h2-4,7-9,11H,5-6H2,1H3,(H,20,24)(H,21,22,23). The predicted molar refractivity (Wildman–Crippen MR) is 88.5 cm³/mol. The van der Waals surface area contributed by atoms with Crippen molar-refractivity contribution in [1.29, 1.82) is 0 Å². The summed E-state index contributed by atoms with van der Waals surface area (Å²) in [5.41, 5.74) is 2.56. The third-order valence-electron chi connectivity index (χ3n) is 3.86. The van der Waals surface area contributed by atoms with Gasteiger partial charge in [0.1, 0.15) is 11.5 Å². The van der Waals surface area contributed by atoms with Crippen molar-refractivity contribution >= 4 is 11.6 Å². The van der Waals surface area contributed by atoms with Crippen molar-refractivity contribution in [3.63, 3.8) is 0 Å². The Bertz CT molecular complexity index is 882. The van der Waals surface area contributed by atoms with Crippen LogP contribution in [-0.4, -0.2) is 31.1 Å². The minimum atomic E-state index is -0.298. The predicted octanol–water partition coefficient (Wildman–Crippen LogP) is 2.70. The first kappa shape index (κ1) is 14.5. The number of anilines is 1. The summed E-state index contributed by atoms with van der Waals surface area (Å²) >= 11 is 0. The average Bonchev–Trinajstić information content (AvgIpc) is 3.33. The third kappa shape index (κ3) is 3.01. The Morgan fingerprint density at radius 3 is 2.88 bits per heavy atom. The number of hydrogen-bond donors (Lipinski definition) is 2. The highest BCUT2D eigenvalue weighted by atomic mass is 16.1. The number of nitrogens with zero attached hydrogens (tertiary/aromatic N) is 4. The maximum absolute atomic E-state index is 12.2. The van der Waals surface area contributed by atoms with Crippen LogP contribution >= 0.6 is 0 Å². The van der Waals surface area contributed by atoms with Gasteiger partial charge in [0.25, 0.3) is 5.91 Å². The lowest BCUT2D eigenvalue weighted by Gasteiger charge is -2.05. The van der Waals surface area contributed by atoms with E-state index in [-0.39, 0.29) is 11.6 Å². The summed E-state index contributed by atoms with van der Waals surface area (Å²) in [5, 5.41) is 10.1. The third-order valence-corrected chi connectivity index (χ3v) is 3.86. The van der Waals surface area contributed by atoms with Gasteiger partial charge >= 0.3 is 0 Å². The Labute approximate surface area is 138 Å². The molecule has 0 spiro atoms. The van der Waals surface area contributed by atoms with Gasteiger partial charge in [-0.2, -0.15) is 5.10 Å².